The molecule has 0 aliphatic heterocycles. The number of hydrogen-bond donors (Lipinski definition) is 1. The van der Waals surface area contributed by atoms with Gasteiger partial charge in [-0.1, -0.05) is 60.3 Å². The van der Waals surface area contributed by atoms with Crippen molar-refractivity contribution in [2.24, 2.45) is 0 Å². The van der Waals surface area contributed by atoms with Gasteiger partial charge in [0.1, 0.15) is 16.5 Å². The Morgan fingerprint density at radius 3 is 2.58 bits per heavy atom. The summed E-state index contributed by atoms with van der Waals surface area (Å²) in [4.78, 5) is 21.3. The predicted molar refractivity (Wildman–Crippen MR) is 121 cm³/mol. The largest absolute Gasteiger partial charge is 0.294 e. The molecule has 2 aromatic carbocycles. The van der Waals surface area contributed by atoms with Crippen LogP contribution in [0.3, 0.4) is 0 Å². The Morgan fingerprint density at radius 2 is 1.84 bits per heavy atom. The van der Waals surface area contributed by atoms with Crippen LogP contribution in [0.5, 0.6) is 0 Å². The number of para-hydroxylation sites is 1. The van der Waals surface area contributed by atoms with Crippen LogP contribution in [0.15, 0.2) is 71.2 Å². The first-order valence-electron chi connectivity index (χ1n) is 9.77. The van der Waals surface area contributed by atoms with E-state index >= 15 is 0 Å². The lowest BCUT2D eigenvalue weighted by Crippen LogP contribution is -2.23. The van der Waals surface area contributed by atoms with Crippen molar-refractivity contribution in [1.29, 1.82) is 0 Å². The van der Waals surface area contributed by atoms with Gasteiger partial charge in [0.05, 0.1) is 12.4 Å². The molecular weight excluding hydrogens is 430 g/mol. The minimum absolute atomic E-state index is 0.341. The van der Waals surface area contributed by atoms with Gasteiger partial charge in [-0.05, 0) is 24.6 Å². The van der Waals surface area contributed by atoms with Crippen LogP contribution in [0, 0.1) is 0 Å². The highest BCUT2D eigenvalue weighted by Gasteiger charge is 2.17. The van der Waals surface area contributed by atoms with Crippen molar-refractivity contribution in [1.82, 2.24) is 25.2 Å². The number of nitrogens with zero attached hydrogens (tertiary/aromatic N) is 4. The first-order valence-corrected chi connectivity index (χ1v) is 11.6. The van der Waals surface area contributed by atoms with E-state index in [-0.39, 0.29) is 5.91 Å². The number of amides is 1. The first-order chi connectivity index (χ1) is 15.2. The summed E-state index contributed by atoms with van der Waals surface area (Å²) in [6.45, 7) is 2.21. The molecule has 1 amide bonds. The molecule has 0 unspecified atom stereocenters. The number of nitrogens with one attached hydrogen (secondary N) is 1. The van der Waals surface area contributed by atoms with Crippen molar-refractivity contribution in [3.63, 3.8) is 0 Å². The minimum Gasteiger partial charge on any atom is -0.274 e. The molecule has 0 saturated carbocycles. The standard InChI is InChI=1S/C22H21N5O2S2/c1-2-29-26-21(28)18-14-30-20(23-18)15-31-22-25-24-19(13-16-9-5-3-6-10-16)27(22)17-11-7-4-8-12-17/h3-12,14H,2,13,15H2,1H3,(H,26,28). The second-order valence-electron chi connectivity index (χ2n) is 6.51. The van der Waals surface area contributed by atoms with Crippen molar-refractivity contribution in [2.75, 3.05) is 6.61 Å². The smallest absolute Gasteiger partial charge is 0.274 e. The third-order valence-electron chi connectivity index (χ3n) is 4.34. The zero-order valence-corrected chi connectivity index (χ0v) is 18.5. The Hall–Kier alpha value is -3.01. The lowest BCUT2D eigenvalue weighted by Gasteiger charge is -2.10. The number of aromatic nitrogens is 4. The second kappa shape index (κ2) is 10.3. The molecule has 0 aliphatic carbocycles. The number of thioether (sulfide) groups is 1. The third-order valence-corrected chi connectivity index (χ3v) is 6.31. The zero-order chi connectivity index (χ0) is 21.5. The van der Waals surface area contributed by atoms with Gasteiger partial charge in [-0.25, -0.2) is 10.5 Å². The third kappa shape index (κ3) is 5.38. The van der Waals surface area contributed by atoms with Gasteiger partial charge in [0.25, 0.3) is 5.91 Å². The molecule has 0 radical (unpaired) electrons. The molecule has 4 rings (SSSR count). The van der Waals surface area contributed by atoms with E-state index in [9.17, 15) is 4.79 Å². The first kappa shape index (κ1) is 21.2. The van der Waals surface area contributed by atoms with Crippen LogP contribution in [0.1, 0.15) is 33.8 Å². The van der Waals surface area contributed by atoms with Gasteiger partial charge >= 0.3 is 0 Å². The van der Waals surface area contributed by atoms with Gasteiger partial charge in [0.2, 0.25) is 0 Å². The maximum absolute atomic E-state index is 12.0. The molecule has 0 fully saturated rings. The molecule has 2 heterocycles. The quantitative estimate of drug-likeness (QED) is 0.302. The van der Waals surface area contributed by atoms with Crippen molar-refractivity contribution < 1.29 is 9.63 Å². The van der Waals surface area contributed by atoms with Crippen LogP contribution in [0.25, 0.3) is 5.69 Å². The van der Waals surface area contributed by atoms with Crippen LogP contribution in [0.2, 0.25) is 0 Å². The lowest BCUT2D eigenvalue weighted by molar-refractivity contribution is 0.0360. The molecule has 1 N–H and O–H groups in total. The minimum atomic E-state index is -0.341. The summed E-state index contributed by atoms with van der Waals surface area (Å²) >= 11 is 2.98. The van der Waals surface area contributed by atoms with Crippen LogP contribution < -0.4 is 5.48 Å². The number of rotatable bonds is 9. The maximum atomic E-state index is 12.0. The maximum Gasteiger partial charge on any atom is 0.294 e. The average Bonchev–Trinajstić information content (AvgIpc) is 3.44. The molecule has 0 spiro atoms. The summed E-state index contributed by atoms with van der Waals surface area (Å²) in [5, 5.41) is 12.2. The van der Waals surface area contributed by atoms with Crippen LogP contribution in [0.4, 0.5) is 0 Å². The van der Waals surface area contributed by atoms with Crippen molar-refractivity contribution >= 4 is 29.0 Å². The lowest BCUT2D eigenvalue weighted by atomic mass is 10.1. The van der Waals surface area contributed by atoms with Crippen LogP contribution >= 0.6 is 23.1 Å². The molecule has 31 heavy (non-hydrogen) atoms. The summed E-state index contributed by atoms with van der Waals surface area (Å²) in [5.74, 6) is 1.12. The molecule has 9 heteroatoms. The Kier molecular flexibility index (Phi) is 7.08. The number of hydrogen-bond acceptors (Lipinski definition) is 7. The summed E-state index contributed by atoms with van der Waals surface area (Å²) in [5.41, 5.74) is 4.90. The van der Waals surface area contributed by atoms with Gasteiger partial charge in [-0.3, -0.25) is 14.2 Å². The van der Waals surface area contributed by atoms with E-state index in [0.29, 0.717) is 24.5 Å². The van der Waals surface area contributed by atoms with Gasteiger partial charge in [-0.2, -0.15) is 0 Å². The fourth-order valence-electron chi connectivity index (χ4n) is 2.92. The predicted octanol–water partition coefficient (Wildman–Crippen LogP) is 4.29. The van der Waals surface area contributed by atoms with E-state index in [2.05, 4.69) is 37.4 Å². The zero-order valence-electron chi connectivity index (χ0n) is 16.9. The van der Waals surface area contributed by atoms with E-state index in [0.717, 1.165) is 21.7 Å². The van der Waals surface area contributed by atoms with E-state index in [1.54, 1.807) is 24.1 Å². The van der Waals surface area contributed by atoms with E-state index < -0.39 is 0 Å². The summed E-state index contributed by atoms with van der Waals surface area (Å²) < 4.78 is 2.08. The molecule has 158 valence electrons. The number of thiazole rings is 1. The average molecular weight is 452 g/mol. The van der Waals surface area contributed by atoms with Crippen LogP contribution in [-0.4, -0.2) is 32.3 Å². The number of carbonyl (C=O) groups is 1. The van der Waals surface area contributed by atoms with E-state index in [1.807, 2.05) is 48.5 Å². The highest BCUT2D eigenvalue weighted by Crippen LogP contribution is 2.27. The highest BCUT2D eigenvalue weighted by molar-refractivity contribution is 7.98. The number of hydroxylamine groups is 1. The van der Waals surface area contributed by atoms with Gasteiger partial charge < -0.3 is 0 Å². The van der Waals surface area contributed by atoms with Gasteiger partial charge in [-0.15, -0.1) is 21.5 Å². The number of benzene rings is 2. The Labute approximate surface area is 188 Å². The molecule has 0 atom stereocenters. The second-order valence-corrected chi connectivity index (χ2v) is 8.40. The molecule has 0 aliphatic rings. The molecule has 7 nitrogen and oxygen atoms in total. The Morgan fingerprint density at radius 1 is 1.10 bits per heavy atom. The molecule has 4 aromatic rings. The Bertz CT molecular complexity index is 1130. The fourth-order valence-corrected chi connectivity index (χ4v) is 4.68. The molecular formula is C22H21N5O2S2. The Balaban J connectivity index is 1.53. The molecule has 2 aromatic heterocycles. The highest BCUT2D eigenvalue weighted by atomic mass is 32.2. The SMILES string of the molecule is CCONC(=O)c1csc(CSc2nnc(Cc3ccccc3)n2-c2ccccc2)n1. The van der Waals surface area contributed by atoms with E-state index in [4.69, 9.17) is 4.84 Å². The van der Waals surface area contributed by atoms with Crippen molar-refractivity contribution in [3.05, 3.63) is 88.1 Å². The topological polar surface area (TPSA) is 81.9 Å². The normalized spacial score (nSPS) is 10.9. The summed E-state index contributed by atoms with van der Waals surface area (Å²) in [6, 6.07) is 20.3. The van der Waals surface area contributed by atoms with Crippen LogP contribution in [-0.2, 0) is 17.0 Å². The molecule has 0 saturated heterocycles. The number of carbonyl (C=O) groups excluding carboxylic acids is 1. The fraction of sp³-hybridized carbons (Fsp3) is 0.182. The van der Waals surface area contributed by atoms with E-state index in [1.165, 1.54) is 16.9 Å². The summed E-state index contributed by atoms with van der Waals surface area (Å²) in [6.07, 6.45) is 0.683. The monoisotopic (exact) mass is 451 g/mol. The molecule has 0 bridgehead atoms. The summed E-state index contributed by atoms with van der Waals surface area (Å²) in [7, 11) is 0. The van der Waals surface area contributed by atoms with Gasteiger partial charge in [0, 0.05) is 17.5 Å². The van der Waals surface area contributed by atoms with Crippen molar-refractivity contribution in [3.8, 4) is 5.69 Å². The van der Waals surface area contributed by atoms with Crippen molar-refractivity contribution in [2.45, 2.75) is 24.3 Å². The van der Waals surface area contributed by atoms with Gasteiger partial charge in [0.15, 0.2) is 5.16 Å².